The van der Waals surface area contributed by atoms with Crippen LogP contribution in [-0.4, -0.2) is 30.7 Å². The van der Waals surface area contributed by atoms with Crippen molar-refractivity contribution >= 4 is 0 Å². The minimum Gasteiger partial charge on any atom is -0.373 e. The highest BCUT2D eigenvalue weighted by atomic mass is 16.5. The fourth-order valence-corrected chi connectivity index (χ4v) is 3.45. The van der Waals surface area contributed by atoms with Crippen LogP contribution in [-0.2, 0) is 4.74 Å². The van der Waals surface area contributed by atoms with Crippen molar-refractivity contribution in [3.8, 4) is 0 Å². The molecule has 0 amide bonds. The molecule has 2 atom stereocenters. The molecule has 0 spiro atoms. The van der Waals surface area contributed by atoms with Crippen LogP contribution >= 0.6 is 0 Å². The van der Waals surface area contributed by atoms with E-state index >= 15 is 0 Å². The highest BCUT2D eigenvalue weighted by molar-refractivity contribution is 5.21. The molecule has 1 saturated heterocycles. The molecule has 1 aromatic carbocycles. The molecule has 2 nitrogen and oxygen atoms in total. The van der Waals surface area contributed by atoms with Gasteiger partial charge in [-0.15, -0.1) is 0 Å². The molecule has 1 saturated carbocycles. The first-order valence-corrected chi connectivity index (χ1v) is 7.25. The maximum Gasteiger partial charge on any atom is 0.0787 e. The van der Waals surface area contributed by atoms with E-state index in [1.54, 1.807) is 0 Å². The van der Waals surface area contributed by atoms with Crippen molar-refractivity contribution in [3.63, 3.8) is 0 Å². The van der Waals surface area contributed by atoms with Crippen molar-refractivity contribution in [2.45, 2.75) is 50.4 Å². The lowest BCUT2D eigenvalue weighted by atomic mass is 10.0. The smallest absolute Gasteiger partial charge is 0.0787 e. The average Bonchev–Trinajstić information content (AvgIpc) is 3.02. The maximum atomic E-state index is 6.37. The van der Waals surface area contributed by atoms with Gasteiger partial charge in [0, 0.05) is 6.54 Å². The average molecular weight is 245 g/mol. The second kappa shape index (κ2) is 5.41. The Morgan fingerprint density at radius 3 is 2.50 bits per heavy atom. The predicted molar refractivity (Wildman–Crippen MR) is 73.6 cm³/mol. The van der Waals surface area contributed by atoms with Gasteiger partial charge >= 0.3 is 0 Å². The van der Waals surface area contributed by atoms with E-state index in [4.69, 9.17) is 4.74 Å². The number of likely N-dealkylation sites (tertiary alicyclic amines) is 1. The van der Waals surface area contributed by atoms with E-state index in [1.807, 2.05) is 0 Å². The van der Waals surface area contributed by atoms with E-state index in [-0.39, 0.29) is 0 Å². The van der Waals surface area contributed by atoms with E-state index in [1.165, 1.54) is 37.7 Å². The number of nitrogens with zero attached hydrogens (tertiary/aromatic N) is 1. The number of hydrogen-bond donors (Lipinski definition) is 0. The number of rotatable bonds is 3. The molecular weight excluding hydrogens is 222 g/mol. The number of ether oxygens (including phenoxy) is 1. The Labute approximate surface area is 110 Å². The van der Waals surface area contributed by atoms with Crippen molar-refractivity contribution < 1.29 is 4.74 Å². The monoisotopic (exact) mass is 245 g/mol. The Hall–Kier alpha value is -0.860. The van der Waals surface area contributed by atoms with Crippen LogP contribution in [0.4, 0.5) is 0 Å². The molecule has 2 fully saturated rings. The highest BCUT2D eigenvalue weighted by Gasteiger charge is 2.35. The molecule has 2 heteroatoms. The molecule has 0 aromatic heterocycles. The second-order valence-corrected chi connectivity index (χ2v) is 5.71. The van der Waals surface area contributed by atoms with Gasteiger partial charge in [-0.25, -0.2) is 0 Å². The number of hydrogen-bond acceptors (Lipinski definition) is 2. The molecule has 1 heterocycles. The SMILES string of the molecule is CN1CCC(OC2CCCC2)C1c1ccccc1. The van der Waals surface area contributed by atoms with Crippen molar-refractivity contribution in [2.75, 3.05) is 13.6 Å². The van der Waals surface area contributed by atoms with Gasteiger partial charge in [-0.3, -0.25) is 4.90 Å². The zero-order valence-corrected chi connectivity index (χ0v) is 11.2. The predicted octanol–water partition coefficient (Wildman–Crippen LogP) is 3.39. The van der Waals surface area contributed by atoms with Crippen molar-refractivity contribution in [1.29, 1.82) is 0 Å². The standard InChI is InChI=1S/C16H23NO/c1-17-12-11-15(18-14-9-5-6-10-14)16(17)13-7-3-2-4-8-13/h2-4,7-8,14-16H,5-6,9-12H2,1H3. The Kier molecular flexibility index (Phi) is 3.67. The van der Waals surface area contributed by atoms with Crippen LogP contribution in [0.2, 0.25) is 0 Å². The van der Waals surface area contributed by atoms with Gasteiger partial charge in [0.15, 0.2) is 0 Å². The summed E-state index contributed by atoms with van der Waals surface area (Å²) < 4.78 is 6.37. The van der Waals surface area contributed by atoms with Gasteiger partial charge in [0.05, 0.1) is 18.2 Å². The minimum atomic E-state index is 0.389. The normalized spacial score (nSPS) is 30.1. The number of benzene rings is 1. The van der Waals surface area contributed by atoms with Gasteiger partial charge in [0.2, 0.25) is 0 Å². The van der Waals surface area contributed by atoms with Crippen molar-refractivity contribution in [2.24, 2.45) is 0 Å². The van der Waals surface area contributed by atoms with E-state index in [0.29, 0.717) is 18.2 Å². The van der Waals surface area contributed by atoms with Crippen LogP contribution in [0.3, 0.4) is 0 Å². The zero-order chi connectivity index (χ0) is 12.4. The number of likely N-dealkylation sites (N-methyl/N-ethyl adjacent to an activating group) is 1. The van der Waals surface area contributed by atoms with Crippen LogP contribution in [0.1, 0.15) is 43.7 Å². The molecule has 2 aliphatic rings. The molecule has 1 aliphatic heterocycles. The lowest BCUT2D eigenvalue weighted by Gasteiger charge is -2.27. The zero-order valence-electron chi connectivity index (χ0n) is 11.2. The summed E-state index contributed by atoms with van der Waals surface area (Å²) in [4.78, 5) is 2.44. The summed E-state index contributed by atoms with van der Waals surface area (Å²) in [6.07, 6.45) is 7.32. The third-order valence-electron chi connectivity index (χ3n) is 4.40. The molecule has 3 rings (SSSR count). The molecular formula is C16H23NO. The summed E-state index contributed by atoms with van der Waals surface area (Å²) in [6.45, 7) is 1.15. The van der Waals surface area contributed by atoms with Gasteiger partial charge in [0.25, 0.3) is 0 Å². The molecule has 1 aliphatic carbocycles. The summed E-state index contributed by atoms with van der Waals surface area (Å²) >= 11 is 0. The topological polar surface area (TPSA) is 12.5 Å². The molecule has 2 unspecified atom stereocenters. The molecule has 0 radical (unpaired) electrons. The van der Waals surface area contributed by atoms with Crippen LogP contribution in [0.15, 0.2) is 30.3 Å². The molecule has 18 heavy (non-hydrogen) atoms. The van der Waals surface area contributed by atoms with E-state index in [9.17, 15) is 0 Å². The first kappa shape index (κ1) is 12.2. The van der Waals surface area contributed by atoms with E-state index < -0.39 is 0 Å². The fourth-order valence-electron chi connectivity index (χ4n) is 3.45. The largest absolute Gasteiger partial charge is 0.373 e. The Bertz CT molecular complexity index is 372. The minimum absolute atomic E-state index is 0.389. The van der Waals surface area contributed by atoms with Gasteiger partial charge in [-0.2, -0.15) is 0 Å². The second-order valence-electron chi connectivity index (χ2n) is 5.71. The summed E-state index contributed by atoms with van der Waals surface area (Å²) in [5.41, 5.74) is 1.40. The van der Waals surface area contributed by atoms with Gasteiger partial charge in [0.1, 0.15) is 0 Å². The van der Waals surface area contributed by atoms with Crippen LogP contribution in [0.25, 0.3) is 0 Å². The molecule has 0 bridgehead atoms. The van der Waals surface area contributed by atoms with E-state index in [2.05, 4.69) is 42.3 Å². The Morgan fingerprint density at radius 2 is 1.78 bits per heavy atom. The third kappa shape index (κ3) is 2.45. The first-order valence-electron chi connectivity index (χ1n) is 7.25. The quantitative estimate of drug-likeness (QED) is 0.809. The van der Waals surface area contributed by atoms with Crippen LogP contribution < -0.4 is 0 Å². The van der Waals surface area contributed by atoms with Gasteiger partial charge in [-0.1, -0.05) is 43.2 Å². The molecule has 0 N–H and O–H groups in total. The maximum absolute atomic E-state index is 6.37. The van der Waals surface area contributed by atoms with E-state index in [0.717, 1.165) is 6.54 Å². The highest BCUT2D eigenvalue weighted by Crippen LogP contribution is 2.35. The van der Waals surface area contributed by atoms with Crippen LogP contribution in [0.5, 0.6) is 0 Å². The third-order valence-corrected chi connectivity index (χ3v) is 4.40. The summed E-state index contributed by atoms with van der Waals surface area (Å²) in [7, 11) is 2.22. The summed E-state index contributed by atoms with van der Waals surface area (Å²) in [5, 5.41) is 0. The van der Waals surface area contributed by atoms with Gasteiger partial charge in [-0.05, 0) is 31.9 Å². The Balaban J connectivity index is 1.73. The summed E-state index contributed by atoms with van der Waals surface area (Å²) in [6, 6.07) is 11.3. The summed E-state index contributed by atoms with van der Waals surface area (Å²) in [5.74, 6) is 0. The first-order chi connectivity index (χ1) is 8.84. The Morgan fingerprint density at radius 1 is 1.06 bits per heavy atom. The van der Waals surface area contributed by atoms with Crippen LogP contribution in [0, 0.1) is 0 Å². The lowest BCUT2D eigenvalue weighted by Crippen LogP contribution is -2.28. The van der Waals surface area contributed by atoms with Crippen molar-refractivity contribution in [3.05, 3.63) is 35.9 Å². The fraction of sp³-hybridized carbons (Fsp3) is 0.625. The van der Waals surface area contributed by atoms with Gasteiger partial charge < -0.3 is 4.74 Å². The van der Waals surface area contributed by atoms with Crippen molar-refractivity contribution in [1.82, 2.24) is 4.90 Å². The lowest BCUT2D eigenvalue weighted by molar-refractivity contribution is -0.0239. The molecule has 1 aromatic rings. The molecule has 98 valence electrons.